The number of Topliss-reactive ketones (excluding diaryl/α,β-unsaturated/α-hetero) is 1. The highest BCUT2D eigenvalue weighted by atomic mass is 35.5. The van der Waals surface area contributed by atoms with Gasteiger partial charge in [-0.3, -0.25) is 19.0 Å². The maximum absolute atomic E-state index is 13.8. The standard InChI is InChI=1S/C25H26ClN3O3/c1-27(2)16-17-28(18-19-8-4-3-5-9-19)25(32)23(29-15-7-6-10-22(29)30)24(31)20-11-13-21(26)14-12-20/h3-15,23H,16-18H2,1-2H3. The summed E-state index contributed by atoms with van der Waals surface area (Å²) < 4.78 is 1.20. The lowest BCUT2D eigenvalue weighted by Crippen LogP contribution is -2.45. The number of pyridine rings is 1. The Labute approximate surface area is 192 Å². The van der Waals surface area contributed by atoms with Crippen molar-refractivity contribution in [1.82, 2.24) is 14.4 Å². The molecule has 2 aromatic carbocycles. The molecule has 6 nitrogen and oxygen atoms in total. The predicted octanol–water partition coefficient (Wildman–Crippen LogP) is 3.52. The van der Waals surface area contributed by atoms with Crippen molar-refractivity contribution in [3.63, 3.8) is 0 Å². The van der Waals surface area contributed by atoms with Gasteiger partial charge >= 0.3 is 0 Å². The third-order valence-electron chi connectivity index (χ3n) is 5.09. The zero-order valence-corrected chi connectivity index (χ0v) is 18.9. The van der Waals surface area contributed by atoms with E-state index in [0.717, 1.165) is 5.56 Å². The van der Waals surface area contributed by atoms with E-state index in [0.29, 0.717) is 30.2 Å². The zero-order valence-electron chi connectivity index (χ0n) is 18.1. The van der Waals surface area contributed by atoms with Crippen LogP contribution in [-0.4, -0.2) is 53.2 Å². The average Bonchev–Trinajstić information content (AvgIpc) is 2.79. The Morgan fingerprint density at radius 1 is 0.906 bits per heavy atom. The molecular weight excluding hydrogens is 426 g/mol. The third kappa shape index (κ3) is 5.93. The van der Waals surface area contributed by atoms with Gasteiger partial charge in [0.1, 0.15) is 0 Å². The van der Waals surface area contributed by atoms with E-state index < -0.39 is 23.3 Å². The zero-order chi connectivity index (χ0) is 23.1. The van der Waals surface area contributed by atoms with Gasteiger partial charge in [0.15, 0.2) is 11.8 Å². The van der Waals surface area contributed by atoms with Gasteiger partial charge in [0.05, 0.1) is 0 Å². The van der Waals surface area contributed by atoms with Crippen LogP contribution in [0.5, 0.6) is 0 Å². The van der Waals surface area contributed by atoms with Gasteiger partial charge in [0.2, 0.25) is 0 Å². The molecule has 0 aliphatic rings. The first-order valence-electron chi connectivity index (χ1n) is 10.3. The van der Waals surface area contributed by atoms with E-state index >= 15 is 0 Å². The summed E-state index contributed by atoms with van der Waals surface area (Å²) in [4.78, 5) is 43.5. The van der Waals surface area contributed by atoms with Crippen LogP contribution in [0.3, 0.4) is 0 Å². The minimum absolute atomic E-state index is 0.316. The van der Waals surface area contributed by atoms with Crippen molar-refractivity contribution < 1.29 is 9.59 Å². The van der Waals surface area contributed by atoms with Crippen molar-refractivity contribution >= 4 is 23.3 Å². The van der Waals surface area contributed by atoms with E-state index in [1.807, 2.05) is 49.3 Å². The number of likely N-dealkylation sites (N-methyl/N-ethyl adjacent to an activating group) is 1. The number of carbonyl (C=O) groups is 2. The molecule has 32 heavy (non-hydrogen) atoms. The molecule has 166 valence electrons. The highest BCUT2D eigenvalue weighted by Crippen LogP contribution is 2.20. The van der Waals surface area contributed by atoms with E-state index in [4.69, 9.17) is 11.6 Å². The van der Waals surface area contributed by atoms with Gasteiger partial charge in [-0.2, -0.15) is 0 Å². The number of ketones is 1. The summed E-state index contributed by atoms with van der Waals surface area (Å²) in [5.41, 5.74) is 0.842. The lowest BCUT2D eigenvalue weighted by atomic mass is 10.0. The number of aromatic nitrogens is 1. The highest BCUT2D eigenvalue weighted by Gasteiger charge is 2.33. The monoisotopic (exact) mass is 451 g/mol. The predicted molar refractivity (Wildman–Crippen MR) is 126 cm³/mol. The van der Waals surface area contributed by atoms with E-state index in [1.165, 1.54) is 16.8 Å². The fourth-order valence-electron chi connectivity index (χ4n) is 3.35. The quantitative estimate of drug-likeness (QED) is 0.369. The number of halogens is 1. The molecule has 0 saturated heterocycles. The van der Waals surface area contributed by atoms with Crippen LogP contribution in [0.15, 0.2) is 83.8 Å². The second-order valence-electron chi connectivity index (χ2n) is 7.77. The molecule has 1 heterocycles. The van der Waals surface area contributed by atoms with E-state index in [9.17, 15) is 14.4 Å². The molecule has 0 N–H and O–H groups in total. The summed E-state index contributed by atoms with van der Waals surface area (Å²) >= 11 is 5.97. The number of rotatable bonds is 9. The van der Waals surface area contributed by atoms with E-state index in [1.54, 1.807) is 41.3 Å². The lowest BCUT2D eigenvalue weighted by Gasteiger charge is -2.29. The Kier molecular flexibility index (Phi) is 7.98. The summed E-state index contributed by atoms with van der Waals surface area (Å²) in [6, 6.07) is 19.2. The fourth-order valence-corrected chi connectivity index (χ4v) is 3.47. The highest BCUT2D eigenvalue weighted by molar-refractivity contribution is 6.30. The van der Waals surface area contributed by atoms with Crippen molar-refractivity contribution in [3.05, 3.63) is 105 Å². The molecule has 0 saturated carbocycles. The van der Waals surface area contributed by atoms with Crippen molar-refractivity contribution in [2.45, 2.75) is 12.6 Å². The Hall–Kier alpha value is -3.22. The molecular formula is C25H26ClN3O3. The van der Waals surface area contributed by atoms with E-state index in [2.05, 4.69) is 0 Å². The SMILES string of the molecule is CN(C)CCN(Cc1ccccc1)C(=O)C(C(=O)c1ccc(Cl)cc1)n1ccccc1=O. The minimum atomic E-state index is -1.31. The normalized spacial score (nSPS) is 11.9. The third-order valence-corrected chi connectivity index (χ3v) is 5.34. The Bertz CT molecular complexity index is 1110. The molecule has 0 spiro atoms. The Balaban J connectivity index is 2.02. The second kappa shape index (κ2) is 10.9. The van der Waals surface area contributed by atoms with Crippen LogP contribution in [0.1, 0.15) is 22.0 Å². The minimum Gasteiger partial charge on any atom is -0.335 e. The van der Waals surface area contributed by atoms with Crippen LogP contribution < -0.4 is 5.56 Å². The number of hydrogen-bond donors (Lipinski definition) is 0. The number of nitrogens with zero attached hydrogens (tertiary/aromatic N) is 3. The summed E-state index contributed by atoms with van der Waals surface area (Å²) in [7, 11) is 3.84. The molecule has 0 aliphatic carbocycles. The molecule has 7 heteroatoms. The average molecular weight is 452 g/mol. The molecule has 3 aromatic rings. The number of hydrogen-bond acceptors (Lipinski definition) is 4. The van der Waals surface area contributed by atoms with Crippen LogP contribution in [0.2, 0.25) is 5.02 Å². The largest absolute Gasteiger partial charge is 0.335 e. The Morgan fingerprint density at radius 3 is 2.19 bits per heavy atom. The van der Waals surface area contributed by atoms with Gasteiger partial charge in [-0.1, -0.05) is 48.0 Å². The molecule has 0 aliphatic heterocycles. The second-order valence-corrected chi connectivity index (χ2v) is 8.20. The molecule has 0 fully saturated rings. The van der Waals surface area contributed by atoms with Crippen molar-refractivity contribution in [1.29, 1.82) is 0 Å². The topological polar surface area (TPSA) is 62.6 Å². The van der Waals surface area contributed by atoms with Gasteiger partial charge in [0, 0.05) is 42.5 Å². The summed E-state index contributed by atoms with van der Waals surface area (Å²) in [5, 5.41) is 0.484. The van der Waals surface area contributed by atoms with Crippen LogP contribution in [-0.2, 0) is 11.3 Å². The number of benzene rings is 2. The number of carbonyl (C=O) groups excluding carboxylic acids is 2. The van der Waals surface area contributed by atoms with Gasteiger partial charge in [0.25, 0.3) is 11.5 Å². The molecule has 3 rings (SSSR count). The van der Waals surface area contributed by atoms with Crippen LogP contribution >= 0.6 is 11.6 Å². The van der Waals surface area contributed by atoms with Gasteiger partial charge in [-0.05, 0) is 50.0 Å². The van der Waals surface area contributed by atoms with Gasteiger partial charge < -0.3 is 9.80 Å². The van der Waals surface area contributed by atoms with Crippen LogP contribution in [0.4, 0.5) is 0 Å². The van der Waals surface area contributed by atoms with Gasteiger partial charge in [-0.25, -0.2) is 0 Å². The van der Waals surface area contributed by atoms with Gasteiger partial charge in [-0.15, -0.1) is 0 Å². The van der Waals surface area contributed by atoms with Crippen molar-refractivity contribution in [2.24, 2.45) is 0 Å². The van der Waals surface area contributed by atoms with E-state index in [-0.39, 0.29) is 0 Å². The first-order chi connectivity index (χ1) is 15.4. The molecule has 1 atom stereocenters. The smallest absolute Gasteiger partial charge is 0.254 e. The first-order valence-corrected chi connectivity index (χ1v) is 10.7. The van der Waals surface area contributed by atoms with Crippen LogP contribution in [0.25, 0.3) is 0 Å². The molecule has 1 aromatic heterocycles. The lowest BCUT2D eigenvalue weighted by molar-refractivity contribution is -0.134. The van der Waals surface area contributed by atoms with Crippen LogP contribution in [0, 0.1) is 0 Å². The maximum atomic E-state index is 13.8. The molecule has 1 amide bonds. The Morgan fingerprint density at radius 2 is 1.56 bits per heavy atom. The molecule has 1 unspecified atom stereocenters. The fraction of sp³-hybridized carbons (Fsp3) is 0.240. The number of amides is 1. The first kappa shape index (κ1) is 23.4. The molecule has 0 bridgehead atoms. The van der Waals surface area contributed by atoms with Crippen molar-refractivity contribution in [3.8, 4) is 0 Å². The molecule has 0 radical (unpaired) electrons. The summed E-state index contributed by atoms with van der Waals surface area (Å²) in [5.74, 6) is -0.883. The van der Waals surface area contributed by atoms with Crippen molar-refractivity contribution in [2.75, 3.05) is 27.2 Å². The summed E-state index contributed by atoms with van der Waals surface area (Å²) in [6.45, 7) is 1.36. The summed E-state index contributed by atoms with van der Waals surface area (Å²) in [6.07, 6.45) is 1.48. The maximum Gasteiger partial charge on any atom is 0.254 e.